The van der Waals surface area contributed by atoms with Crippen molar-refractivity contribution in [2.24, 2.45) is 7.05 Å². The van der Waals surface area contributed by atoms with Crippen molar-refractivity contribution < 1.29 is 33.3 Å². The van der Waals surface area contributed by atoms with Gasteiger partial charge in [-0.2, -0.15) is 0 Å². The molecule has 0 aliphatic heterocycles. The number of hydrogen-bond acceptors (Lipinski definition) is 3. The third-order valence-corrected chi connectivity index (χ3v) is 4.69. The van der Waals surface area contributed by atoms with Gasteiger partial charge in [-0.15, -0.1) is 0 Å². The number of nitrogens with zero attached hydrogens (tertiary/aromatic N) is 3. The van der Waals surface area contributed by atoms with Gasteiger partial charge in [0.15, 0.2) is 22.7 Å². The molecule has 2 aromatic heterocycles. The molecule has 0 atom stereocenters. The van der Waals surface area contributed by atoms with Gasteiger partial charge in [-0.1, -0.05) is 35.6 Å². The van der Waals surface area contributed by atoms with E-state index >= 15 is 0 Å². The highest BCUT2D eigenvalue weighted by atomic mass is 127. The Hall–Kier alpha value is -2.00. The van der Waals surface area contributed by atoms with Gasteiger partial charge in [0.25, 0.3) is 5.91 Å². The number of aromatic nitrogens is 3. The lowest BCUT2D eigenvalue weighted by atomic mass is 10.3. The summed E-state index contributed by atoms with van der Waals surface area (Å²) in [6.45, 7) is 0.261. The molecular formula is C17H15IN4OS. The van der Waals surface area contributed by atoms with Crippen molar-refractivity contribution in [2.45, 2.75) is 6.54 Å². The Balaban J connectivity index is 0.00000169. The first kappa shape index (κ1) is 16.8. The van der Waals surface area contributed by atoms with Gasteiger partial charge in [-0.05, 0) is 24.3 Å². The molecule has 0 radical (unpaired) electrons. The van der Waals surface area contributed by atoms with Crippen molar-refractivity contribution in [1.82, 2.24) is 9.55 Å². The van der Waals surface area contributed by atoms with Gasteiger partial charge in [0.1, 0.15) is 0 Å². The molecule has 122 valence electrons. The van der Waals surface area contributed by atoms with E-state index in [1.807, 2.05) is 71.0 Å². The fourth-order valence-corrected chi connectivity index (χ4v) is 3.59. The van der Waals surface area contributed by atoms with Crippen LogP contribution in [0.1, 0.15) is 0 Å². The smallest absolute Gasteiger partial charge is 0.268 e. The molecule has 0 fully saturated rings. The normalized spacial score (nSPS) is 10.7. The maximum Gasteiger partial charge on any atom is 0.268 e. The molecule has 4 aromatic rings. The SMILES string of the molecule is C[n+]1cn(CC(=O)Nc2nc3ccccc3s2)c2ccccc21.[I-]. The third kappa shape index (κ3) is 3.13. The molecule has 0 bridgehead atoms. The zero-order valence-electron chi connectivity index (χ0n) is 12.9. The monoisotopic (exact) mass is 450 g/mol. The largest absolute Gasteiger partial charge is 1.00 e. The average Bonchev–Trinajstić information content (AvgIpc) is 3.09. The predicted molar refractivity (Wildman–Crippen MR) is 91.4 cm³/mol. The summed E-state index contributed by atoms with van der Waals surface area (Å²) in [4.78, 5) is 16.8. The average molecular weight is 450 g/mol. The third-order valence-electron chi connectivity index (χ3n) is 3.74. The van der Waals surface area contributed by atoms with Crippen molar-refractivity contribution in [3.63, 3.8) is 0 Å². The number of fused-ring (bicyclic) bond motifs is 2. The first-order chi connectivity index (χ1) is 11.2. The number of benzene rings is 2. The van der Waals surface area contributed by atoms with Crippen LogP contribution in [0.2, 0.25) is 0 Å². The second kappa shape index (κ2) is 6.86. The number of imidazole rings is 1. The van der Waals surface area contributed by atoms with Gasteiger partial charge in [-0.3, -0.25) is 10.1 Å². The number of anilines is 1. The van der Waals surface area contributed by atoms with Crippen LogP contribution in [0.3, 0.4) is 0 Å². The molecule has 7 heteroatoms. The summed E-state index contributed by atoms with van der Waals surface area (Å²) < 4.78 is 5.03. The Morgan fingerprint density at radius 1 is 1.21 bits per heavy atom. The minimum atomic E-state index is -0.0783. The molecule has 1 amide bonds. The van der Waals surface area contributed by atoms with E-state index in [1.54, 1.807) is 0 Å². The van der Waals surface area contributed by atoms with Crippen molar-refractivity contribution in [1.29, 1.82) is 0 Å². The zero-order chi connectivity index (χ0) is 15.8. The summed E-state index contributed by atoms with van der Waals surface area (Å²) in [6, 6.07) is 15.9. The Bertz CT molecular complexity index is 991. The Morgan fingerprint density at radius 3 is 2.79 bits per heavy atom. The van der Waals surface area contributed by atoms with Gasteiger partial charge in [-0.25, -0.2) is 14.1 Å². The molecule has 0 saturated heterocycles. The maximum absolute atomic E-state index is 12.3. The van der Waals surface area contributed by atoms with Crippen molar-refractivity contribution in [2.75, 3.05) is 5.32 Å². The van der Waals surface area contributed by atoms with Crippen LogP contribution in [0, 0.1) is 0 Å². The minimum absolute atomic E-state index is 0. The minimum Gasteiger partial charge on any atom is -1.00 e. The van der Waals surface area contributed by atoms with E-state index in [9.17, 15) is 4.79 Å². The van der Waals surface area contributed by atoms with Crippen molar-refractivity contribution in [3.8, 4) is 0 Å². The number of halogens is 1. The molecule has 24 heavy (non-hydrogen) atoms. The lowest BCUT2D eigenvalue weighted by Crippen LogP contribution is -3.00. The van der Waals surface area contributed by atoms with Crippen LogP contribution >= 0.6 is 11.3 Å². The molecule has 0 aliphatic carbocycles. The Kier molecular flexibility index (Phi) is 4.81. The topological polar surface area (TPSA) is 50.8 Å². The Labute approximate surface area is 160 Å². The number of amides is 1. The van der Waals surface area contributed by atoms with E-state index in [0.29, 0.717) is 5.13 Å². The Morgan fingerprint density at radius 2 is 1.96 bits per heavy atom. The summed E-state index contributed by atoms with van der Waals surface area (Å²) in [6.07, 6.45) is 1.93. The molecule has 5 nitrogen and oxygen atoms in total. The van der Waals surface area contributed by atoms with Crippen molar-refractivity contribution >= 4 is 43.6 Å². The second-order valence-corrected chi connectivity index (χ2v) is 6.41. The van der Waals surface area contributed by atoms with Crippen LogP contribution in [-0.4, -0.2) is 15.5 Å². The van der Waals surface area contributed by atoms with Gasteiger partial charge >= 0.3 is 0 Å². The lowest BCUT2D eigenvalue weighted by Gasteiger charge is -1.99. The van der Waals surface area contributed by atoms with Crippen LogP contribution in [-0.2, 0) is 18.4 Å². The zero-order valence-corrected chi connectivity index (χ0v) is 15.9. The molecule has 0 spiro atoms. The van der Waals surface area contributed by atoms with E-state index in [0.717, 1.165) is 21.3 Å². The second-order valence-electron chi connectivity index (χ2n) is 5.38. The molecule has 4 rings (SSSR count). The summed E-state index contributed by atoms with van der Waals surface area (Å²) in [7, 11) is 1.98. The van der Waals surface area contributed by atoms with E-state index in [-0.39, 0.29) is 36.4 Å². The molecule has 2 aromatic carbocycles. The quantitative estimate of drug-likeness (QED) is 0.345. The number of carbonyl (C=O) groups excluding carboxylic acids is 1. The highest BCUT2D eigenvalue weighted by Crippen LogP contribution is 2.25. The first-order valence-electron chi connectivity index (χ1n) is 7.29. The van der Waals surface area contributed by atoms with E-state index in [2.05, 4.69) is 10.3 Å². The number of hydrogen-bond donors (Lipinski definition) is 1. The fraction of sp³-hybridized carbons (Fsp3) is 0.118. The summed E-state index contributed by atoms with van der Waals surface area (Å²) in [5.74, 6) is -0.0783. The highest BCUT2D eigenvalue weighted by Gasteiger charge is 2.16. The standard InChI is InChI=1S/C17H14N4OS.HI/c1-20-11-21(14-8-4-3-7-13(14)20)10-16(22)19-17-18-12-6-2-5-9-15(12)23-17;/h2-9,11H,10H2,1H3;1H. The number of thiazole rings is 1. The molecule has 0 aliphatic rings. The molecule has 2 heterocycles. The molecule has 0 unspecified atom stereocenters. The number of carbonyl (C=O) groups is 1. The number of para-hydroxylation sites is 3. The van der Waals surface area contributed by atoms with E-state index in [4.69, 9.17) is 0 Å². The lowest BCUT2D eigenvalue weighted by molar-refractivity contribution is -0.645. The van der Waals surface area contributed by atoms with Crippen LogP contribution in [0.4, 0.5) is 5.13 Å². The predicted octanol–water partition coefficient (Wildman–Crippen LogP) is -0.282. The van der Waals surface area contributed by atoms with E-state index in [1.165, 1.54) is 11.3 Å². The number of rotatable bonds is 3. The summed E-state index contributed by atoms with van der Waals surface area (Å²) in [5, 5.41) is 3.53. The highest BCUT2D eigenvalue weighted by molar-refractivity contribution is 7.22. The summed E-state index contributed by atoms with van der Waals surface area (Å²) in [5.41, 5.74) is 3.04. The van der Waals surface area contributed by atoms with Crippen LogP contribution in [0.15, 0.2) is 54.9 Å². The fourth-order valence-electron chi connectivity index (χ4n) is 2.70. The van der Waals surface area contributed by atoms with Crippen LogP contribution in [0.5, 0.6) is 0 Å². The number of nitrogens with one attached hydrogen (secondary N) is 1. The van der Waals surface area contributed by atoms with Crippen LogP contribution < -0.4 is 33.9 Å². The molecule has 1 N–H and O–H groups in total. The first-order valence-corrected chi connectivity index (χ1v) is 8.11. The molecular weight excluding hydrogens is 435 g/mol. The van der Waals surface area contributed by atoms with Gasteiger partial charge in [0, 0.05) is 0 Å². The van der Waals surface area contributed by atoms with E-state index < -0.39 is 0 Å². The molecule has 0 saturated carbocycles. The van der Waals surface area contributed by atoms with Gasteiger partial charge in [0.05, 0.1) is 17.3 Å². The van der Waals surface area contributed by atoms with Gasteiger partial charge < -0.3 is 24.0 Å². The summed E-state index contributed by atoms with van der Waals surface area (Å²) >= 11 is 1.49. The number of aryl methyl sites for hydroxylation is 1. The van der Waals surface area contributed by atoms with Gasteiger partial charge in [0.2, 0.25) is 6.33 Å². The maximum atomic E-state index is 12.3. The van der Waals surface area contributed by atoms with Crippen LogP contribution in [0.25, 0.3) is 21.3 Å². The van der Waals surface area contributed by atoms with Crippen molar-refractivity contribution in [3.05, 3.63) is 54.9 Å².